The van der Waals surface area contributed by atoms with Gasteiger partial charge in [0.15, 0.2) is 5.96 Å². The highest BCUT2D eigenvalue weighted by Crippen LogP contribution is 2.22. The maximum absolute atomic E-state index is 6.33. The van der Waals surface area contributed by atoms with Gasteiger partial charge >= 0.3 is 0 Å². The molecule has 3 rings (SSSR count). The van der Waals surface area contributed by atoms with Crippen molar-refractivity contribution in [1.29, 1.82) is 0 Å². The van der Waals surface area contributed by atoms with Crippen LogP contribution >= 0.6 is 11.6 Å². The number of benzene rings is 1. The van der Waals surface area contributed by atoms with E-state index in [1.807, 2.05) is 36.5 Å². The summed E-state index contributed by atoms with van der Waals surface area (Å²) in [5, 5.41) is 7.50. The minimum absolute atomic E-state index is 0.0457. The van der Waals surface area contributed by atoms with Crippen LogP contribution in [0.3, 0.4) is 0 Å². The Morgan fingerprint density at radius 1 is 1.38 bits per heavy atom. The number of nitrogens with one attached hydrogen (secondary N) is 2. The van der Waals surface area contributed by atoms with Crippen molar-refractivity contribution in [2.75, 3.05) is 31.1 Å². The van der Waals surface area contributed by atoms with Gasteiger partial charge in [0.1, 0.15) is 5.82 Å². The third kappa shape index (κ3) is 6.08. The first-order valence-corrected chi connectivity index (χ1v) is 10.6. The van der Waals surface area contributed by atoms with Gasteiger partial charge in [-0.1, -0.05) is 29.8 Å². The van der Waals surface area contributed by atoms with Gasteiger partial charge in [-0.2, -0.15) is 0 Å². The zero-order valence-corrected chi connectivity index (χ0v) is 18.1. The third-order valence-electron chi connectivity index (χ3n) is 4.86. The van der Waals surface area contributed by atoms with E-state index < -0.39 is 0 Å². The molecule has 2 unspecified atom stereocenters. The topological polar surface area (TPSA) is 61.8 Å². The van der Waals surface area contributed by atoms with Crippen molar-refractivity contribution in [1.82, 2.24) is 15.6 Å². The minimum atomic E-state index is 0.0457. The Bertz CT molecular complexity index is 828. The number of morpholine rings is 1. The predicted molar refractivity (Wildman–Crippen MR) is 120 cm³/mol. The monoisotopic (exact) mass is 415 g/mol. The smallest absolute Gasteiger partial charge is 0.192 e. The van der Waals surface area contributed by atoms with Crippen molar-refractivity contribution < 1.29 is 4.74 Å². The van der Waals surface area contributed by atoms with Crippen molar-refractivity contribution in [3.8, 4) is 0 Å². The Morgan fingerprint density at radius 3 is 2.97 bits per heavy atom. The molecular weight excluding hydrogens is 386 g/mol. The SMILES string of the molecule is CCNC(=NCc1ccnc(N2CCOC(C)C2)c1)NC(C)c1ccccc1Cl. The van der Waals surface area contributed by atoms with Gasteiger partial charge in [-0.05, 0) is 50.1 Å². The average Bonchev–Trinajstić information content (AvgIpc) is 2.72. The zero-order valence-electron chi connectivity index (χ0n) is 17.4. The highest BCUT2D eigenvalue weighted by atomic mass is 35.5. The first kappa shape index (κ1) is 21.4. The molecule has 156 valence electrons. The lowest BCUT2D eigenvalue weighted by atomic mass is 10.1. The van der Waals surface area contributed by atoms with Crippen LogP contribution in [0, 0.1) is 0 Å². The lowest BCUT2D eigenvalue weighted by molar-refractivity contribution is 0.0529. The molecule has 1 fully saturated rings. The lowest BCUT2D eigenvalue weighted by Crippen LogP contribution is -2.41. The van der Waals surface area contributed by atoms with Crippen LogP contribution in [0.15, 0.2) is 47.6 Å². The van der Waals surface area contributed by atoms with Crippen molar-refractivity contribution in [2.24, 2.45) is 4.99 Å². The van der Waals surface area contributed by atoms with Gasteiger partial charge in [0.05, 0.1) is 25.3 Å². The number of anilines is 1. The quantitative estimate of drug-likeness (QED) is 0.555. The Kier molecular flexibility index (Phi) is 7.72. The molecule has 7 heteroatoms. The minimum Gasteiger partial charge on any atom is -0.375 e. The summed E-state index contributed by atoms with van der Waals surface area (Å²) >= 11 is 6.33. The van der Waals surface area contributed by atoms with Gasteiger partial charge in [0, 0.05) is 30.9 Å². The molecule has 0 aliphatic carbocycles. The van der Waals surface area contributed by atoms with E-state index in [9.17, 15) is 0 Å². The Hall–Kier alpha value is -2.31. The molecule has 6 nitrogen and oxygen atoms in total. The van der Waals surface area contributed by atoms with Crippen LogP contribution in [0.1, 0.15) is 37.9 Å². The number of hydrogen-bond donors (Lipinski definition) is 2. The van der Waals surface area contributed by atoms with Gasteiger partial charge in [-0.25, -0.2) is 9.98 Å². The van der Waals surface area contributed by atoms with Crippen LogP contribution < -0.4 is 15.5 Å². The summed E-state index contributed by atoms with van der Waals surface area (Å²) in [6.07, 6.45) is 2.08. The van der Waals surface area contributed by atoms with Crippen molar-refractivity contribution in [3.63, 3.8) is 0 Å². The Morgan fingerprint density at radius 2 is 2.21 bits per heavy atom. The second-order valence-corrected chi connectivity index (χ2v) is 7.64. The molecule has 2 aromatic rings. The van der Waals surface area contributed by atoms with Gasteiger partial charge in [0.2, 0.25) is 0 Å². The molecule has 0 radical (unpaired) electrons. The maximum atomic E-state index is 6.33. The van der Waals surface area contributed by atoms with E-state index in [-0.39, 0.29) is 12.1 Å². The van der Waals surface area contributed by atoms with Gasteiger partial charge in [-0.15, -0.1) is 0 Å². The highest BCUT2D eigenvalue weighted by Gasteiger charge is 2.18. The van der Waals surface area contributed by atoms with E-state index in [0.717, 1.165) is 54.2 Å². The molecule has 1 saturated heterocycles. The van der Waals surface area contributed by atoms with E-state index in [4.69, 9.17) is 21.3 Å². The average molecular weight is 416 g/mol. The van der Waals surface area contributed by atoms with Gasteiger partial charge in [0.25, 0.3) is 0 Å². The van der Waals surface area contributed by atoms with Crippen molar-refractivity contribution in [3.05, 3.63) is 58.7 Å². The fourth-order valence-corrected chi connectivity index (χ4v) is 3.66. The van der Waals surface area contributed by atoms with Crippen molar-refractivity contribution in [2.45, 2.75) is 39.5 Å². The number of ether oxygens (including phenoxy) is 1. The normalized spacial score (nSPS) is 18.4. The van der Waals surface area contributed by atoms with Gasteiger partial charge < -0.3 is 20.3 Å². The number of halogens is 1. The summed E-state index contributed by atoms with van der Waals surface area (Å²) < 4.78 is 5.63. The largest absolute Gasteiger partial charge is 0.375 e. The second-order valence-electron chi connectivity index (χ2n) is 7.23. The Labute approximate surface area is 178 Å². The molecule has 0 saturated carbocycles. The van der Waals surface area contributed by atoms with E-state index in [2.05, 4.69) is 47.4 Å². The molecule has 2 atom stereocenters. The summed E-state index contributed by atoms with van der Waals surface area (Å²) in [5.41, 5.74) is 2.17. The van der Waals surface area contributed by atoms with Crippen LogP contribution in [0.5, 0.6) is 0 Å². The standard InChI is InChI=1S/C22H30ClN5O/c1-4-24-22(27-17(3)19-7-5-6-8-20(19)23)26-14-18-9-10-25-21(13-18)28-11-12-29-16(2)15-28/h5-10,13,16-17H,4,11-12,14-15H2,1-3H3,(H2,24,26,27). The third-order valence-corrected chi connectivity index (χ3v) is 5.21. The van der Waals surface area contributed by atoms with Crippen molar-refractivity contribution >= 4 is 23.4 Å². The summed E-state index contributed by atoms with van der Waals surface area (Å²) in [6, 6.07) is 12.0. The number of nitrogens with zero attached hydrogens (tertiary/aromatic N) is 3. The zero-order chi connectivity index (χ0) is 20.6. The molecule has 0 bridgehead atoms. The van der Waals surface area contributed by atoms with Crippen LogP contribution in [-0.4, -0.2) is 43.3 Å². The van der Waals surface area contributed by atoms with Crippen LogP contribution in [0.4, 0.5) is 5.82 Å². The molecule has 2 N–H and O–H groups in total. The second kappa shape index (κ2) is 10.5. The number of pyridine rings is 1. The van der Waals surface area contributed by atoms with Gasteiger partial charge in [-0.3, -0.25) is 0 Å². The number of guanidine groups is 1. The first-order valence-electron chi connectivity index (χ1n) is 10.2. The summed E-state index contributed by atoms with van der Waals surface area (Å²) in [7, 11) is 0. The molecule has 1 aromatic heterocycles. The first-order chi connectivity index (χ1) is 14.1. The Balaban J connectivity index is 1.68. The van der Waals surface area contributed by atoms with Crippen LogP contribution in [0.2, 0.25) is 5.02 Å². The van der Waals surface area contributed by atoms with E-state index in [0.29, 0.717) is 6.54 Å². The lowest BCUT2D eigenvalue weighted by Gasteiger charge is -2.32. The fraction of sp³-hybridized carbons (Fsp3) is 0.455. The highest BCUT2D eigenvalue weighted by molar-refractivity contribution is 6.31. The molecular formula is C22H30ClN5O. The molecule has 2 heterocycles. The molecule has 1 aromatic carbocycles. The van der Waals surface area contributed by atoms with E-state index in [1.165, 1.54) is 0 Å². The molecule has 1 aliphatic heterocycles. The summed E-state index contributed by atoms with van der Waals surface area (Å²) in [5.74, 6) is 1.74. The molecule has 0 amide bonds. The molecule has 29 heavy (non-hydrogen) atoms. The number of hydrogen-bond acceptors (Lipinski definition) is 4. The maximum Gasteiger partial charge on any atom is 0.192 e. The molecule has 0 spiro atoms. The number of aliphatic imine (C=N–C) groups is 1. The fourth-order valence-electron chi connectivity index (χ4n) is 3.36. The number of rotatable bonds is 6. The van der Waals surface area contributed by atoms with E-state index in [1.54, 1.807) is 0 Å². The number of aromatic nitrogens is 1. The van der Waals surface area contributed by atoms with E-state index >= 15 is 0 Å². The predicted octanol–water partition coefficient (Wildman–Crippen LogP) is 3.78. The van der Waals surface area contributed by atoms with Crippen LogP contribution in [0.25, 0.3) is 0 Å². The van der Waals surface area contributed by atoms with Crippen LogP contribution in [-0.2, 0) is 11.3 Å². The molecule has 1 aliphatic rings. The summed E-state index contributed by atoms with van der Waals surface area (Å²) in [6.45, 7) is 10.0. The summed E-state index contributed by atoms with van der Waals surface area (Å²) in [4.78, 5) is 11.6.